The third kappa shape index (κ3) is 17.9. The Morgan fingerprint density at radius 3 is 1.06 bits per heavy atom. The second-order valence-corrected chi connectivity index (χ2v) is 24.7. The van der Waals surface area contributed by atoms with Crippen LogP contribution in [-0.4, -0.2) is 433 Å². The van der Waals surface area contributed by atoms with Gasteiger partial charge in [-0.3, -0.25) is 14.4 Å². The van der Waals surface area contributed by atoms with Crippen molar-refractivity contribution in [3.63, 3.8) is 0 Å². The third-order valence-electron chi connectivity index (χ3n) is 17.8. The molecule has 0 aromatic carbocycles. The number of ether oxygens (including phenoxy) is 15. The van der Waals surface area contributed by atoms with Gasteiger partial charge in [-0.25, -0.2) is 4.79 Å². The van der Waals surface area contributed by atoms with Crippen molar-refractivity contribution in [2.24, 2.45) is 0 Å². The summed E-state index contributed by atoms with van der Waals surface area (Å²) in [5.74, 6) is -4.33. The van der Waals surface area contributed by atoms with Crippen LogP contribution in [0.25, 0.3) is 0 Å². The van der Waals surface area contributed by atoms with Crippen LogP contribution in [-0.2, 0) is 90.2 Å². The zero-order valence-electron chi connectivity index (χ0n) is 52.6. The summed E-state index contributed by atoms with van der Waals surface area (Å²) in [6, 6.07) is -5.18. The van der Waals surface area contributed by atoms with Crippen LogP contribution in [0.3, 0.4) is 0 Å². The average molecular weight is 1450 g/mol. The van der Waals surface area contributed by atoms with Crippen molar-refractivity contribution < 1.29 is 208 Å². The van der Waals surface area contributed by atoms with Gasteiger partial charge in [-0.2, -0.15) is 0 Å². The van der Waals surface area contributed by atoms with Crippen molar-refractivity contribution in [3.05, 3.63) is 0 Å². The molecule has 8 aliphatic rings. The summed E-state index contributed by atoms with van der Waals surface area (Å²) < 4.78 is 85.8. The summed E-state index contributed by atoms with van der Waals surface area (Å²) in [7, 11) is 0. The Hall–Kier alpha value is -3.60. The molecule has 8 fully saturated rings. The lowest BCUT2D eigenvalue weighted by Crippen LogP contribution is -2.70. The van der Waals surface area contributed by atoms with E-state index in [9.17, 15) is 137 Å². The maximum Gasteiger partial charge on any atom is 0.335 e. The molecule has 8 rings (SSSR count). The van der Waals surface area contributed by atoms with Gasteiger partial charge in [-0.05, 0) is 0 Å². The highest BCUT2D eigenvalue weighted by Crippen LogP contribution is 2.38. The molecule has 0 bridgehead atoms. The number of rotatable bonds is 25. The minimum Gasteiger partial charge on any atom is -0.479 e. The lowest BCUT2D eigenvalue weighted by Gasteiger charge is -2.50. The van der Waals surface area contributed by atoms with Gasteiger partial charge in [0.2, 0.25) is 17.7 Å². The van der Waals surface area contributed by atoms with Crippen molar-refractivity contribution in [2.45, 2.75) is 266 Å². The van der Waals surface area contributed by atoms with Gasteiger partial charge >= 0.3 is 5.97 Å². The Bertz CT molecular complexity index is 2600. The first-order chi connectivity index (χ1) is 46.7. The number of carboxylic acids is 1. The Morgan fingerprint density at radius 2 is 0.596 bits per heavy atom. The molecule has 40 atom stereocenters. The first-order valence-electron chi connectivity index (χ1n) is 31.1. The largest absolute Gasteiger partial charge is 0.479 e. The van der Waals surface area contributed by atoms with Crippen LogP contribution in [0.2, 0.25) is 0 Å². The summed E-state index contributed by atoms with van der Waals surface area (Å²) in [5.41, 5.74) is 0. The van der Waals surface area contributed by atoms with Gasteiger partial charge in [0.25, 0.3) is 0 Å². The Labute approximate surface area is 558 Å². The fourth-order valence-electron chi connectivity index (χ4n) is 12.5. The standard InChI is InChI=1S/C54H89N3O42/c1-11(63)55-21-28(70)40(16(6-60)87-47(21)84)94-49-23(57-13(3)65)30(72)42(18(8-62)91-49)96-54-39(81)44(97-51-36(78)31(73)24(66)14(4-58)88-51)27(69)20(93-54)10-86-50-35(77)32(74)25(67)19(92-50)9-85-48-22(56-12(2)64)29(71)41(17(7-61)90-48)95-53-38(80)43(26(68)15(5-59)89-53)98-52-37(79)33(75)34(76)45(99-52)46(82)83/h14-45,47-54,58-62,66-81,84H,4-10H2,1-3H3,(H,55,63)(H,56,64)(H,57,65)(H,82,83)/t14-,15-,16-,17-,18-,19-,20-,21-,22-,23-,24-,25-,26+,27-,28-,29-,30-,31+,32+,33+,34+,35+,36+,37-,38-,39+,40-,41-,42-,43+,44+,45+,47-,48-,49+,50+,51-,52-,53+,54+/m1/s1. The van der Waals surface area contributed by atoms with E-state index in [0.29, 0.717) is 0 Å². The first-order valence-corrected chi connectivity index (χ1v) is 31.1. The van der Waals surface area contributed by atoms with Crippen LogP contribution in [0.4, 0.5) is 0 Å². The molecule has 8 heterocycles. The maximum absolute atomic E-state index is 12.7. The Morgan fingerprint density at radius 1 is 0.293 bits per heavy atom. The molecule has 3 amide bonds. The second-order valence-electron chi connectivity index (χ2n) is 24.7. The molecule has 0 radical (unpaired) electrons. The molecule has 8 aliphatic heterocycles. The van der Waals surface area contributed by atoms with Gasteiger partial charge in [0.1, 0.15) is 189 Å². The Kier molecular flexibility index (Phi) is 28.7. The molecule has 45 heteroatoms. The number of hydrogen-bond acceptors (Lipinski definition) is 41. The van der Waals surface area contributed by atoms with E-state index in [1.165, 1.54) is 0 Å². The number of aliphatic carboxylic acids is 1. The molecular weight excluding hydrogens is 1360 g/mol. The van der Waals surface area contributed by atoms with E-state index in [0.717, 1.165) is 20.8 Å². The number of carbonyl (C=O) groups is 4. The van der Waals surface area contributed by atoms with Crippen LogP contribution >= 0.6 is 0 Å². The number of carboxylic acid groups (broad SMARTS) is 1. The van der Waals surface area contributed by atoms with E-state index in [4.69, 9.17) is 71.1 Å². The lowest BCUT2D eigenvalue weighted by atomic mass is 9.94. The molecule has 8 saturated heterocycles. The number of aliphatic hydroxyl groups excluding tert-OH is 22. The molecular formula is C54H89N3O42. The van der Waals surface area contributed by atoms with E-state index in [1.54, 1.807) is 0 Å². The molecule has 0 saturated carbocycles. The third-order valence-corrected chi connectivity index (χ3v) is 17.8. The van der Waals surface area contributed by atoms with Crippen LogP contribution < -0.4 is 16.0 Å². The summed E-state index contributed by atoms with van der Waals surface area (Å²) in [6.45, 7) is -4.21. The number of hydrogen-bond donors (Lipinski definition) is 26. The molecule has 0 aromatic rings. The fraction of sp³-hybridized carbons (Fsp3) is 0.926. The van der Waals surface area contributed by atoms with Gasteiger partial charge in [0, 0.05) is 20.8 Å². The summed E-state index contributed by atoms with van der Waals surface area (Å²) in [4.78, 5) is 49.1. The SMILES string of the molecule is CC(=O)N[C@@H]1[C@@H](O)[C@H](O[C@@H]2O[C@H](CO)[C@@H](O[C@@H]3O[C@H](CO[C@H]4O[C@H](CO[C@@H]5O[C@H](CO)[C@@H](O[C@@H]6O[C@H](CO)[C@H](O)[C@H](O[C@@H]7O[C@H](C(=O)O)[C@@H](O)[C@H](O)[C@H]7O)[C@H]6O)[C@H](O)[C@H]5NC(C)=O)[C@@H](O)[C@H](O)[C@@H]4O)[C@@H](O)[C@H](O[C@H]4O[C@H](CO)[C@@H](O)[C@H](O)[C@@H]4O)[C@@H]3O)[C@H](O)[C@H]2NC(C)=O)[C@@H](CO)O[C@H]1O. The molecule has 0 aliphatic carbocycles. The highest BCUT2D eigenvalue weighted by atomic mass is 16.8. The lowest BCUT2D eigenvalue weighted by molar-refractivity contribution is -0.384. The molecule has 45 nitrogen and oxygen atoms in total. The van der Waals surface area contributed by atoms with Crippen LogP contribution in [0, 0.1) is 0 Å². The minimum absolute atomic E-state index is 0.749. The normalized spacial score (nSPS) is 49.1. The zero-order chi connectivity index (χ0) is 73.1. The first kappa shape index (κ1) is 81.1. The summed E-state index contributed by atoms with van der Waals surface area (Å²) in [6.07, 6.45) is -75.4. The molecule has 0 unspecified atom stereocenters. The number of amides is 3. The number of carbonyl (C=O) groups excluding carboxylic acids is 3. The molecule has 0 spiro atoms. The van der Waals surface area contributed by atoms with E-state index < -0.39 is 315 Å². The van der Waals surface area contributed by atoms with Crippen molar-refractivity contribution in [1.82, 2.24) is 16.0 Å². The second kappa shape index (κ2) is 35.0. The van der Waals surface area contributed by atoms with Crippen LogP contribution in [0.15, 0.2) is 0 Å². The van der Waals surface area contributed by atoms with Crippen molar-refractivity contribution in [3.8, 4) is 0 Å². The Balaban J connectivity index is 0.985. The van der Waals surface area contributed by atoms with Gasteiger partial charge < -0.3 is 204 Å². The predicted octanol–water partition coefficient (Wildman–Crippen LogP) is -17.9. The molecule has 99 heavy (non-hydrogen) atoms. The van der Waals surface area contributed by atoms with E-state index in [1.807, 2.05) is 0 Å². The van der Waals surface area contributed by atoms with E-state index in [2.05, 4.69) is 16.0 Å². The van der Waals surface area contributed by atoms with Gasteiger partial charge in [-0.15, -0.1) is 0 Å². The summed E-state index contributed by atoms with van der Waals surface area (Å²) in [5, 5.41) is 257. The molecule has 0 aromatic heterocycles. The maximum atomic E-state index is 12.7. The highest BCUT2D eigenvalue weighted by molar-refractivity contribution is 5.74. The number of aliphatic hydroxyl groups is 22. The van der Waals surface area contributed by atoms with E-state index in [-0.39, 0.29) is 0 Å². The quantitative estimate of drug-likeness (QED) is 0.0404. The minimum atomic E-state index is -2.35. The van der Waals surface area contributed by atoms with Crippen LogP contribution in [0.1, 0.15) is 20.8 Å². The van der Waals surface area contributed by atoms with Gasteiger partial charge in [0.05, 0.1) is 46.2 Å². The van der Waals surface area contributed by atoms with Crippen molar-refractivity contribution >= 4 is 23.7 Å². The van der Waals surface area contributed by atoms with Gasteiger partial charge in [-0.1, -0.05) is 0 Å². The summed E-state index contributed by atoms with van der Waals surface area (Å²) >= 11 is 0. The number of nitrogens with one attached hydrogen (secondary N) is 3. The molecule has 572 valence electrons. The highest BCUT2D eigenvalue weighted by Gasteiger charge is 2.59. The monoisotopic (exact) mass is 1450 g/mol. The van der Waals surface area contributed by atoms with Crippen molar-refractivity contribution in [2.75, 3.05) is 46.2 Å². The van der Waals surface area contributed by atoms with Crippen LogP contribution in [0.5, 0.6) is 0 Å². The average Bonchev–Trinajstić information content (AvgIpc) is 0.782. The fourth-order valence-corrected chi connectivity index (χ4v) is 12.5. The van der Waals surface area contributed by atoms with Crippen molar-refractivity contribution in [1.29, 1.82) is 0 Å². The smallest absolute Gasteiger partial charge is 0.335 e. The zero-order valence-corrected chi connectivity index (χ0v) is 52.6. The predicted molar refractivity (Wildman–Crippen MR) is 300 cm³/mol. The van der Waals surface area contributed by atoms with Gasteiger partial charge in [0.15, 0.2) is 56.4 Å². The molecule has 26 N–H and O–H groups in total. The topological polar surface area (TPSA) is 708 Å². The van der Waals surface area contributed by atoms with E-state index >= 15 is 0 Å².